The zero-order chi connectivity index (χ0) is 21.1. The lowest BCUT2D eigenvalue weighted by Crippen LogP contribution is -2.38. The summed E-state index contributed by atoms with van der Waals surface area (Å²) >= 11 is 0. The molecule has 0 radical (unpaired) electrons. The summed E-state index contributed by atoms with van der Waals surface area (Å²) in [5.74, 6) is 0.271. The molecule has 0 aliphatic carbocycles. The van der Waals surface area contributed by atoms with Crippen molar-refractivity contribution < 1.29 is 18.5 Å². The first-order chi connectivity index (χ1) is 13.7. The van der Waals surface area contributed by atoms with Gasteiger partial charge in [0.15, 0.2) is 5.69 Å². The molecule has 1 saturated heterocycles. The summed E-state index contributed by atoms with van der Waals surface area (Å²) in [5.41, 5.74) is 1.89. The highest BCUT2D eigenvalue weighted by molar-refractivity contribution is 5.92. The van der Waals surface area contributed by atoms with E-state index in [1.165, 1.54) is 10.9 Å². The number of nitrogens with one attached hydrogen (secondary N) is 1. The van der Waals surface area contributed by atoms with E-state index in [1.807, 2.05) is 27.7 Å². The first kappa shape index (κ1) is 20.9. The fourth-order valence-electron chi connectivity index (χ4n) is 3.62. The summed E-state index contributed by atoms with van der Waals surface area (Å²) < 4.78 is 20.7. The van der Waals surface area contributed by atoms with Gasteiger partial charge in [-0.1, -0.05) is 10.4 Å². The standard InChI is InChI=1S/C19H27FN6O3/c1-11(2)21-19(28)17-10-25(24-22-17)9-15-7-14(20)8-26(15)18(27)6-5-16-12(3)23-29-13(16)4/h10-11,14-15H,5-9H2,1-4H3,(H,21,28)/t14-,15-/m0/s1. The average molecular weight is 406 g/mol. The molecule has 2 amide bonds. The molecule has 3 rings (SSSR count). The van der Waals surface area contributed by atoms with Crippen molar-refractivity contribution in [3.63, 3.8) is 0 Å². The van der Waals surface area contributed by atoms with Crippen molar-refractivity contribution in [2.75, 3.05) is 6.54 Å². The molecule has 0 unspecified atom stereocenters. The minimum Gasteiger partial charge on any atom is -0.361 e. The summed E-state index contributed by atoms with van der Waals surface area (Å²) in [7, 11) is 0. The van der Waals surface area contributed by atoms with E-state index in [0.717, 1.165) is 11.3 Å². The van der Waals surface area contributed by atoms with Crippen molar-refractivity contribution in [2.24, 2.45) is 0 Å². The van der Waals surface area contributed by atoms with Crippen LogP contribution in [0.3, 0.4) is 0 Å². The maximum absolute atomic E-state index is 14.1. The third-order valence-electron chi connectivity index (χ3n) is 5.04. The Balaban J connectivity index is 1.62. The van der Waals surface area contributed by atoms with Crippen LogP contribution in [0.2, 0.25) is 0 Å². The van der Waals surface area contributed by atoms with E-state index in [9.17, 15) is 14.0 Å². The number of aromatic nitrogens is 4. The molecule has 1 fully saturated rings. The number of rotatable bonds is 7. The SMILES string of the molecule is Cc1noc(C)c1CCC(=O)N1C[C@@H](F)C[C@H]1Cn1cc(C(=O)NC(C)C)nn1. The van der Waals surface area contributed by atoms with Gasteiger partial charge >= 0.3 is 0 Å². The van der Waals surface area contributed by atoms with Crippen molar-refractivity contribution in [3.8, 4) is 0 Å². The largest absolute Gasteiger partial charge is 0.361 e. The van der Waals surface area contributed by atoms with Gasteiger partial charge in [0, 0.05) is 24.4 Å². The second kappa shape index (κ2) is 8.71. The van der Waals surface area contributed by atoms with E-state index in [4.69, 9.17) is 4.52 Å². The van der Waals surface area contributed by atoms with Gasteiger partial charge in [0.25, 0.3) is 5.91 Å². The summed E-state index contributed by atoms with van der Waals surface area (Å²) in [6, 6.07) is -0.342. The third-order valence-corrected chi connectivity index (χ3v) is 5.04. The molecule has 2 atom stereocenters. The highest BCUT2D eigenvalue weighted by atomic mass is 19.1. The number of aryl methyl sites for hydroxylation is 2. The number of alkyl halides is 1. The molecule has 1 aliphatic heterocycles. The Labute approximate surface area is 168 Å². The molecular formula is C19H27FN6O3. The quantitative estimate of drug-likeness (QED) is 0.749. The monoisotopic (exact) mass is 406 g/mol. The highest BCUT2D eigenvalue weighted by Crippen LogP contribution is 2.24. The number of carbonyl (C=O) groups is 2. The molecule has 2 aromatic rings. The Morgan fingerprint density at radius 1 is 1.38 bits per heavy atom. The molecule has 3 heterocycles. The van der Waals surface area contributed by atoms with Crippen molar-refractivity contribution >= 4 is 11.8 Å². The molecule has 158 valence electrons. The normalized spacial score (nSPS) is 19.2. The van der Waals surface area contributed by atoms with E-state index >= 15 is 0 Å². The lowest BCUT2D eigenvalue weighted by molar-refractivity contribution is -0.132. The number of hydrogen-bond donors (Lipinski definition) is 1. The van der Waals surface area contributed by atoms with Gasteiger partial charge in [0.05, 0.1) is 31.0 Å². The van der Waals surface area contributed by atoms with Crippen LogP contribution in [0, 0.1) is 13.8 Å². The van der Waals surface area contributed by atoms with Crippen LogP contribution in [0.4, 0.5) is 4.39 Å². The number of nitrogens with zero attached hydrogens (tertiary/aromatic N) is 5. The minimum atomic E-state index is -1.07. The van der Waals surface area contributed by atoms with E-state index in [-0.39, 0.29) is 49.0 Å². The Morgan fingerprint density at radius 3 is 2.79 bits per heavy atom. The van der Waals surface area contributed by atoms with Gasteiger partial charge in [-0.05, 0) is 34.1 Å². The molecular weight excluding hydrogens is 379 g/mol. The van der Waals surface area contributed by atoms with Crippen LogP contribution in [-0.2, 0) is 17.8 Å². The number of amides is 2. The van der Waals surface area contributed by atoms with Gasteiger partial charge in [-0.2, -0.15) is 0 Å². The van der Waals surface area contributed by atoms with Crippen LogP contribution in [-0.4, -0.2) is 61.7 Å². The topological polar surface area (TPSA) is 106 Å². The van der Waals surface area contributed by atoms with Crippen molar-refractivity contribution in [3.05, 3.63) is 28.9 Å². The van der Waals surface area contributed by atoms with Crippen LogP contribution >= 0.6 is 0 Å². The van der Waals surface area contributed by atoms with Gasteiger partial charge in [0.2, 0.25) is 5.91 Å². The maximum Gasteiger partial charge on any atom is 0.273 e. The molecule has 0 aromatic carbocycles. The van der Waals surface area contributed by atoms with Crippen LogP contribution < -0.4 is 5.32 Å². The molecule has 0 saturated carbocycles. The first-order valence-corrected chi connectivity index (χ1v) is 9.80. The number of likely N-dealkylation sites (tertiary alicyclic amines) is 1. The lowest BCUT2D eigenvalue weighted by Gasteiger charge is -2.24. The third kappa shape index (κ3) is 4.99. The Hall–Kier alpha value is -2.78. The van der Waals surface area contributed by atoms with Crippen LogP contribution in [0.15, 0.2) is 10.7 Å². The second-order valence-corrected chi connectivity index (χ2v) is 7.79. The fourth-order valence-corrected chi connectivity index (χ4v) is 3.62. The Kier molecular flexibility index (Phi) is 6.29. The predicted molar refractivity (Wildman–Crippen MR) is 102 cm³/mol. The zero-order valence-electron chi connectivity index (χ0n) is 17.2. The Bertz CT molecular complexity index is 858. The van der Waals surface area contributed by atoms with E-state index in [2.05, 4.69) is 20.8 Å². The van der Waals surface area contributed by atoms with Gasteiger partial charge in [-0.15, -0.1) is 5.10 Å². The average Bonchev–Trinajstić information content (AvgIpc) is 3.33. The lowest BCUT2D eigenvalue weighted by atomic mass is 10.1. The highest BCUT2D eigenvalue weighted by Gasteiger charge is 2.35. The molecule has 0 spiro atoms. The molecule has 9 nitrogen and oxygen atoms in total. The summed E-state index contributed by atoms with van der Waals surface area (Å²) in [6.45, 7) is 7.72. The van der Waals surface area contributed by atoms with E-state index in [1.54, 1.807) is 4.90 Å². The maximum atomic E-state index is 14.1. The molecule has 1 N–H and O–H groups in total. The summed E-state index contributed by atoms with van der Waals surface area (Å²) in [6.07, 6.45) is 1.45. The smallest absolute Gasteiger partial charge is 0.273 e. The van der Waals surface area contributed by atoms with Gasteiger partial charge < -0.3 is 14.7 Å². The molecule has 2 aromatic heterocycles. The van der Waals surface area contributed by atoms with Gasteiger partial charge in [-0.3, -0.25) is 9.59 Å². The van der Waals surface area contributed by atoms with Crippen molar-refractivity contribution in [2.45, 2.75) is 71.8 Å². The minimum absolute atomic E-state index is 0.0133. The first-order valence-electron chi connectivity index (χ1n) is 9.80. The number of carbonyl (C=O) groups excluding carboxylic acids is 2. The van der Waals surface area contributed by atoms with Crippen LogP contribution in [0.5, 0.6) is 0 Å². The van der Waals surface area contributed by atoms with E-state index < -0.39 is 6.17 Å². The predicted octanol–water partition coefficient (Wildman–Crippen LogP) is 1.59. The molecule has 1 aliphatic rings. The Morgan fingerprint density at radius 2 is 2.14 bits per heavy atom. The molecule has 0 bridgehead atoms. The van der Waals surface area contributed by atoms with Gasteiger partial charge in [0.1, 0.15) is 11.9 Å². The molecule has 10 heteroatoms. The zero-order valence-corrected chi connectivity index (χ0v) is 17.2. The van der Waals surface area contributed by atoms with Crippen molar-refractivity contribution in [1.29, 1.82) is 0 Å². The second-order valence-electron chi connectivity index (χ2n) is 7.79. The van der Waals surface area contributed by atoms with Crippen molar-refractivity contribution in [1.82, 2.24) is 30.4 Å². The fraction of sp³-hybridized carbons (Fsp3) is 0.632. The molecule has 29 heavy (non-hydrogen) atoms. The van der Waals surface area contributed by atoms with Crippen LogP contribution in [0.25, 0.3) is 0 Å². The van der Waals surface area contributed by atoms with Crippen LogP contribution in [0.1, 0.15) is 54.2 Å². The number of hydrogen-bond acceptors (Lipinski definition) is 6. The van der Waals surface area contributed by atoms with E-state index in [0.29, 0.717) is 18.7 Å². The van der Waals surface area contributed by atoms with Gasteiger partial charge in [-0.25, -0.2) is 9.07 Å². The summed E-state index contributed by atoms with van der Waals surface area (Å²) in [4.78, 5) is 26.3. The number of halogens is 1. The summed E-state index contributed by atoms with van der Waals surface area (Å²) in [5, 5.41) is 14.5.